The van der Waals surface area contributed by atoms with Crippen LogP contribution in [0.5, 0.6) is 0 Å². The second-order valence-electron chi connectivity index (χ2n) is 10.8. The Hall–Kier alpha value is -4.25. The van der Waals surface area contributed by atoms with Crippen LogP contribution in [0.25, 0.3) is 22.3 Å². The highest BCUT2D eigenvalue weighted by Gasteiger charge is 2.32. The molecule has 2 aliphatic rings. The molecule has 2 aromatic carbocycles. The summed E-state index contributed by atoms with van der Waals surface area (Å²) in [4.78, 5) is 40.6. The summed E-state index contributed by atoms with van der Waals surface area (Å²) >= 11 is 6.37. The molecular formula is C31H28ClF3N6O2. The van der Waals surface area contributed by atoms with Crippen LogP contribution >= 0.6 is 11.6 Å². The van der Waals surface area contributed by atoms with Gasteiger partial charge in [0.25, 0.3) is 5.91 Å². The number of amides is 2. The molecule has 0 unspecified atom stereocenters. The van der Waals surface area contributed by atoms with Gasteiger partial charge in [0.15, 0.2) is 5.82 Å². The van der Waals surface area contributed by atoms with Crippen molar-refractivity contribution in [3.8, 4) is 11.4 Å². The number of benzene rings is 2. The van der Waals surface area contributed by atoms with Crippen LogP contribution in [-0.2, 0) is 17.5 Å². The van der Waals surface area contributed by atoms with Gasteiger partial charge in [-0.2, -0.15) is 13.2 Å². The summed E-state index contributed by atoms with van der Waals surface area (Å²) in [6, 6.07) is 12.5. The molecule has 12 heteroatoms. The number of hydrogen-bond donors (Lipinski definition) is 2. The minimum Gasteiger partial charge on any atom is -0.356 e. The van der Waals surface area contributed by atoms with Crippen molar-refractivity contribution in [1.82, 2.24) is 20.3 Å². The van der Waals surface area contributed by atoms with E-state index in [2.05, 4.69) is 30.5 Å². The molecule has 4 aromatic rings. The molecule has 0 atom stereocenters. The zero-order valence-corrected chi connectivity index (χ0v) is 23.8. The molecule has 2 N–H and O–H groups in total. The second kappa shape index (κ2) is 11.8. The van der Waals surface area contributed by atoms with Crippen LogP contribution in [-0.4, -0.2) is 39.9 Å². The third-order valence-electron chi connectivity index (χ3n) is 7.87. The molecule has 2 aromatic heterocycles. The highest BCUT2D eigenvalue weighted by Crippen LogP contribution is 2.33. The van der Waals surface area contributed by atoms with Crippen LogP contribution in [0.3, 0.4) is 0 Å². The van der Waals surface area contributed by atoms with E-state index in [1.165, 1.54) is 6.07 Å². The maximum Gasteiger partial charge on any atom is 0.433 e. The molecule has 222 valence electrons. The summed E-state index contributed by atoms with van der Waals surface area (Å²) in [5.74, 6) is 0.538. The summed E-state index contributed by atoms with van der Waals surface area (Å²) in [5.41, 5.74) is 1.33. The van der Waals surface area contributed by atoms with Crippen molar-refractivity contribution in [3.63, 3.8) is 0 Å². The average Bonchev–Trinajstić information content (AvgIpc) is 3.50. The van der Waals surface area contributed by atoms with E-state index in [-0.39, 0.29) is 28.2 Å². The van der Waals surface area contributed by atoms with Gasteiger partial charge in [-0.15, -0.1) is 0 Å². The number of nitrogens with one attached hydrogen (secondary N) is 2. The topological polar surface area (TPSA) is 100 Å². The number of anilines is 2. The lowest BCUT2D eigenvalue weighted by atomic mass is 10.1. The first-order chi connectivity index (χ1) is 20.7. The van der Waals surface area contributed by atoms with Gasteiger partial charge in [-0.1, -0.05) is 30.5 Å². The number of pyridine rings is 1. The number of carbonyl (C=O) groups is 2. The lowest BCUT2D eigenvalue weighted by Gasteiger charge is -2.33. The van der Waals surface area contributed by atoms with Gasteiger partial charge in [-0.05, 0) is 67.3 Å². The Morgan fingerprint density at radius 2 is 1.77 bits per heavy atom. The molecule has 1 saturated carbocycles. The predicted molar refractivity (Wildman–Crippen MR) is 158 cm³/mol. The number of hydrogen-bond acceptors (Lipinski definition) is 6. The minimum absolute atomic E-state index is 0.0284. The number of halogens is 4. The zero-order valence-electron chi connectivity index (χ0n) is 23.0. The van der Waals surface area contributed by atoms with E-state index in [9.17, 15) is 22.8 Å². The number of rotatable bonds is 7. The maximum absolute atomic E-state index is 13.3. The first kappa shape index (κ1) is 28.9. The van der Waals surface area contributed by atoms with E-state index < -0.39 is 17.8 Å². The monoisotopic (exact) mass is 608 g/mol. The van der Waals surface area contributed by atoms with Gasteiger partial charge in [0, 0.05) is 48.4 Å². The fourth-order valence-electron chi connectivity index (χ4n) is 5.36. The molecule has 8 nitrogen and oxygen atoms in total. The van der Waals surface area contributed by atoms with Crippen molar-refractivity contribution in [2.45, 2.75) is 44.8 Å². The van der Waals surface area contributed by atoms with E-state index in [0.29, 0.717) is 29.1 Å². The summed E-state index contributed by atoms with van der Waals surface area (Å²) in [7, 11) is 0. The Kier molecular flexibility index (Phi) is 7.91. The number of aromatic nitrogens is 3. The lowest BCUT2D eigenvalue weighted by Crippen LogP contribution is -2.37. The van der Waals surface area contributed by atoms with Crippen molar-refractivity contribution in [1.29, 1.82) is 0 Å². The van der Waals surface area contributed by atoms with E-state index in [1.54, 1.807) is 30.3 Å². The number of alkyl halides is 3. The molecule has 6 rings (SSSR count). The standard InChI is InChI=1S/C31H28ClF3N6O2/c32-24-10-6-18(16-37-29(42)19-4-1-2-5-19)14-23(24)30(43)38-21-8-9-22-25(15-21)39-27(40-28(22)41-12-3-13-41)20-7-11-26(36-17-20)31(33,34)35/h6-11,14-15,17,19H,1-5,12-13,16H2,(H,37,42)(H,38,43). The molecule has 3 heterocycles. The van der Waals surface area contributed by atoms with Gasteiger partial charge in [0.2, 0.25) is 5.91 Å². The van der Waals surface area contributed by atoms with Crippen molar-refractivity contribution < 1.29 is 22.8 Å². The van der Waals surface area contributed by atoms with E-state index in [4.69, 9.17) is 11.6 Å². The van der Waals surface area contributed by atoms with Crippen LogP contribution < -0.4 is 15.5 Å². The van der Waals surface area contributed by atoms with Crippen LogP contribution in [0.2, 0.25) is 5.02 Å². The van der Waals surface area contributed by atoms with Crippen molar-refractivity contribution in [2.75, 3.05) is 23.3 Å². The predicted octanol–water partition coefficient (Wildman–Crippen LogP) is 6.63. The fraction of sp³-hybridized carbons (Fsp3) is 0.323. The normalized spacial score (nSPS) is 15.4. The van der Waals surface area contributed by atoms with Gasteiger partial charge in [0.1, 0.15) is 11.5 Å². The first-order valence-corrected chi connectivity index (χ1v) is 14.5. The fourth-order valence-corrected chi connectivity index (χ4v) is 5.56. The summed E-state index contributed by atoms with van der Waals surface area (Å²) < 4.78 is 39.1. The summed E-state index contributed by atoms with van der Waals surface area (Å²) in [6.07, 6.45) is 1.50. The summed E-state index contributed by atoms with van der Waals surface area (Å²) in [5, 5.41) is 6.84. The summed E-state index contributed by atoms with van der Waals surface area (Å²) in [6.45, 7) is 1.89. The molecule has 0 bridgehead atoms. The molecule has 1 aliphatic carbocycles. The van der Waals surface area contributed by atoms with Crippen LogP contribution in [0, 0.1) is 5.92 Å². The van der Waals surface area contributed by atoms with Crippen molar-refractivity contribution >= 4 is 45.8 Å². The smallest absolute Gasteiger partial charge is 0.356 e. The molecule has 43 heavy (non-hydrogen) atoms. The molecule has 1 saturated heterocycles. The number of nitrogens with zero attached hydrogens (tertiary/aromatic N) is 4. The second-order valence-corrected chi connectivity index (χ2v) is 11.2. The molecule has 0 radical (unpaired) electrons. The van der Waals surface area contributed by atoms with E-state index >= 15 is 0 Å². The lowest BCUT2D eigenvalue weighted by molar-refractivity contribution is -0.141. The van der Waals surface area contributed by atoms with Gasteiger partial charge in [-0.3, -0.25) is 14.6 Å². The molecule has 0 spiro atoms. The Labute approximate surface area is 250 Å². The zero-order chi connectivity index (χ0) is 30.1. The van der Waals surface area contributed by atoms with Gasteiger partial charge < -0.3 is 15.5 Å². The molecule has 2 fully saturated rings. The van der Waals surface area contributed by atoms with Gasteiger partial charge in [0.05, 0.1) is 16.1 Å². The minimum atomic E-state index is -4.55. The number of fused-ring (bicyclic) bond motifs is 1. The Balaban J connectivity index is 1.25. The molecule has 2 amide bonds. The maximum atomic E-state index is 13.3. The highest BCUT2D eigenvalue weighted by molar-refractivity contribution is 6.34. The Morgan fingerprint density at radius 3 is 2.44 bits per heavy atom. The first-order valence-electron chi connectivity index (χ1n) is 14.1. The van der Waals surface area contributed by atoms with Crippen LogP contribution in [0.1, 0.15) is 53.7 Å². The molecule has 1 aliphatic heterocycles. The molecular weight excluding hydrogens is 581 g/mol. The Bertz CT molecular complexity index is 1690. The third-order valence-corrected chi connectivity index (χ3v) is 8.20. The van der Waals surface area contributed by atoms with Gasteiger partial charge in [-0.25, -0.2) is 9.97 Å². The van der Waals surface area contributed by atoms with Crippen LogP contribution in [0.15, 0.2) is 54.7 Å². The SMILES string of the molecule is O=C(Nc1ccc2c(N3CCC3)nc(-c3ccc(C(F)(F)F)nc3)nc2c1)c1cc(CNC(=O)C2CCCC2)ccc1Cl. The van der Waals surface area contributed by atoms with Crippen molar-refractivity contribution in [2.24, 2.45) is 5.92 Å². The number of carbonyl (C=O) groups excluding carboxylic acids is 2. The van der Waals surface area contributed by atoms with E-state index in [1.807, 2.05) is 6.07 Å². The van der Waals surface area contributed by atoms with Crippen molar-refractivity contribution in [3.05, 3.63) is 76.6 Å². The third kappa shape index (κ3) is 6.27. The quantitative estimate of drug-likeness (QED) is 0.244. The van der Waals surface area contributed by atoms with E-state index in [0.717, 1.165) is 68.4 Å². The largest absolute Gasteiger partial charge is 0.433 e. The highest BCUT2D eigenvalue weighted by atomic mass is 35.5. The van der Waals surface area contributed by atoms with Gasteiger partial charge >= 0.3 is 6.18 Å². The van der Waals surface area contributed by atoms with Crippen LogP contribution in [0.4, 0.5) is 24.7 Å². The average molecular weight is 609 g/mol. The Morgan fingerprint density at radius 1 is 0.977 bits per heavy atom.